The summed E-state index contributed by atoms with van der Waals surface area (Å²) in [5.74, 6) is 0. The fourth-order valence-electron chi connectivity index (χ4n) is 11.0. The van der Waals surface area contributed by atoms with Crippen LogP contribution < -0.4 is 0 Å². The molecule has 414 valence electrons. The van der Waals surface area contributed by atoms with Crippen LogP contribution in [0.5, 0.6) is 0 Å². The van der Waals surface area contributed by atoms with Crippen LogP contribution in [0.2, 0.25) is 0 Å². The van der Waals surface area contributed by atoms with E-state index in [4.69, 9.17) is 15.0 Å². The highest BCUT2D eigenvalue weighted by atomic mass is 14.7. The van der Waals surface area contributed by atoms with Gasteiger partial charge in [0.2, 0.25) is 0 Å². The third-order valence-electron chi connectivity index (χ3n) is 14.7. The molecule has 0 fully saturated rings. The van der Waals surface area contributed by atoms with Crippen molar-refractivity contribution in [3.8, 4) is 0 Å². The van der Waals surface area contributed by atoms with E-state index in [1.807, 2.05) is 0 Å². The van der Waals surface area contributed by atoms with Gasteiger partial charge < -0.3 is 0 Å². The predicted octanol–water partition coefficient (Wildman–Crippen LogP) is 20.5. The second-order valence-electron chi connectivity index (χ2n) is 31.6. The van der Waals surface area contributed by atoms with Crippen molar-refractivity contribution in [2.24, 2.45) is 21.7 Å². The summed E-state index contributed by atoms with van der Waals surface area (Å²) in [6.07, 6.45) is 4.47. The number of benzene rings is 1. The van der Waals surface area contributed by atoms with E-state index < -0.39 is 0 Å². The third-order valence-corrected chi connectivity index (χ3v) is 14.7. The van der Waals surface area contributed by atoms with Gasteiger partial charge in [-0.3, -0.25) is 15.0 Å². The van der Waals surface area contributed by atoms with E-state index in [0.717, 1.165) is 25.7 Å². The summed E-state index contributed by atoms with van der Waals surface area (Å²) in [7, 11) is 0. The molecule has 73 heavy (non-hydrogen) atoms. The largest absolute Gasteiger partial charge is 0.258 e. The zero-order valence-electron chi connectivity index (χ0n) is 55.7. The number of aromatic nitrogens is 3. The maximum absolute atomic E-state index is 4.89. The Balaban J connectivity index is 0.000000487. The molecule has 0 unspecified atom stereocenters. The Morgan fingerprint density at radius 2 is 0.507 bits per heavy atom. The lowest BCUT2D eigenvalue weighted by Gasteiger charge is -2.32. The van der Waals surface area contributed by atoms with Crippen molar-refractivity contribution in [1.82, 2.24) is 15.0 Å². The lowest BCUT2D eigenvalue weighted by molar-refractivity contribution is 0.402. The topological polar surface area (TPSA) is 38.7 Å². The fourth-order valence-corrected chi connectivity index (χ4v) is 11.0. The van der Waals surface area contributed by atoms with Crippen LogP contribution in [0, 0.1) is 112 Å². The highest BCUT2D eigenvalue weighted by molar-refractivity contribution is 5.53. The van der Waals surface area contributed by atoms with E-state index >= 15 is 0 Å². The van der Waals surface area contributed by atoms with Crippen LogP contribution in [0.1, 0.15) is 284 Å². The Kier molecular flexibility index (Phi) is 22.2. The molecule has 0 saturated heterocycles. The van der Waals surface area contributed by atoms with Crippen molar-refractivity contribution in [3.63, 3.8) is 0 Å². The normalized spacial score (nSPS) is 12.9. The summed E-state index contributed by atoms with van der Waals surface area (Å²) in [6, 6.07) is 0. The van der Waals surface area contributed by atoms with Gasteiger partial charge in [0.25, 0.3) is 0 Å². The number of pyridine rings is 3. The molecule has 0 saturated carbocycles. The predicted molar refractivity (Wildman–Crippen MR) is 328 cm³/mol. The standard InChI is InChI=1S/C19H32.3C17H29N/c1-12-13(2)15(4)17(19(8,9)10)16(14(12)3)11-18(5,6)7;1-11-12(2)18-13(3)14(10-16(4,5)6)15(11)17(7,8)9;1-11-12(2)18-13(3)15(17(7,8)9)14(11)10-16(4,5)6;1-11-12(2)14(10-16(4,5)6)15(17(7,8)9)18-13(11)3/h11H2,1-10H3;3*10H2,1-9H3. The van der Waals surface area contributed by atoms with Crippen molar-refractivity contribution in [2.45, 2.75) is 304 Å². The van der Waals surface area contributed by atoms with Crippen molar-refractivity contribution < 1.29 is 0 Å². The average molecular weight is 1000 g/mol. The van der Waals surface area contributed by atoms with E-state index in [9.17, 15) is 0 Å². The molecule has 4 aromatic rings. The van der Waals surface area contributed by atoms with Crippen LogP contribution in [0.25, 0.3) is 0 Å². The number of hydrogen-bond donors (Lipinski definition) is 0. The SMILES string of the molecule is Cc1c(C)c(C)c(C(C)(C)C)c(CC(C)(C)C)c1C.Cc1nc(C(C)(C)C)c(CC(C)(C)C)c(C)c1C.Cc1nc(C)c(C(C)(C)C)c(CC(C)(C)C)c1C.Cc1nc(C)c(CC(C)(C)C)c(C(C)(C)C)c1C. The molecule has 0 aliphatic rings. The molecule has 0 spiro atoms. The van der Waals surface area contributed by atoms with Crippen LogP contribution in [-0.4, -0.2) is 15.0 Å². The Hall–Kier alpha value is -3.33. The van der Waals surface area contributed by atoms with E-state index in [-0.39, 0.29) is 21.7 Å². The van der Waals surface area contributed by atoms with Gasteiger partial charge in [0, 0.05) is 39.6 Å². The molecule has 3 nitrogen and oxygen atoms in total. The lowest BCUT2D eigenvalue weighted by atomic mass is 9.73. The quantitative estimate of drug-likeness (QED) is 0.204. The minimum atomic E-state index is 0.115. The second-order valence-corrected chi connectivity index (χ2v) is 31.6. The molecule has 0 bridgehead atoms. The molecular formula is C70H119N3. The van der Waals surface area contributed by atoms with E-state index in [1.54, 1.807) is 11.1 Å². The highest BCUT2D eigenvalue weighted by Gasteiger charge is 2.30. The first kappa shape index (κ1) is 67.7. The maximum atomic E-state index is 4.89. The maximum Gasteiger partial charge on any atom is 0.0495 e. The lowest BCUT2D eigenvalue weighted by Crippen LogP contribution is -2.22. The second kappa shape index (κ2) is 23.9. The van der Waals surface area contributed by atoms with Crippen LogP contribution >= 0.6 is 0 Å². The summed E-state index contributed by atoms with van der Waals surface area (Å²) >= 11 is 0. The summed E-state index contributed by atoms with van der Waals surface area (Å²) in [6.45, 7) is 84.0. The number of hydrogen-bond acceptors (Lipinski definition) is 3. The summed E-state index contributed by atoms with van der Waals surface area (Å²) in [5, 5.41) is 0. The van der Waals surface area contributed by atoms with E-state index in [1.165, 1.54) is 106 Å². The van der Waals surface area contributed by atoms with Gasteiger partial charge in [0.15, 0.2) is 0 Å². The highest BCUT2D eigenvalue weighted by Crippen LogP contribution is 2.40. The summed E-state index contributed by atoms with van der Waals surface area (Å²) < 4.78 is 0. The number of nitrogens with zero attached hydrogens (tertiary/aromatic N) is 3. The van der Waals surface area contributed by atoms with Gasteiger partial charge in [-0.05, 0) is 237 Å². The van der Waals surface area contributed by atoms with E-state index in [2.05, 4.69) is 256 Å². The summed E-state index contributed by atoms with van der Waals surface area (Å²) in [5.41, 5.74) is 31.1. The van der Waals surface area contributed by atoms with Gasteiger partial charge in [-0.25, -0.2) is 0 Å². The molecule has 0 radical (unpaired) electrons. The summed E-state index contributed by atoms with van der Waals surface area (Å²) in [4.78, 5) is 14.4. The Labute approximate surface area is 455 Å². The molecule has 3 heterocycles. The Morgan fingerprint density at radius 1 is 0.219 bits per heavy atom. The first-order valence-corrected chi connectivity index (χ1v) is 28.2. The first-order valence-electron chi connectivity index (χ1n) is 28.2. The fraction of sp³-hybridized carbons (Fsp3) is 0.700. The molecule has 0 N–H and O–H groups in total. The molecule has 1 aromatic carbocycles. The molecule has 4 rings (SSSR count). The molecule has 0 aliphatic carbocycles. The van der Waals surface area contributed by atoms with Crippen LogP contribution in [0.4, 0.5) is 0 Å². The Bertz CT molecular complexity index is 2500. The smallest absolute Gasteiger partial charge is 0.0495 e. The van der Waals surface area contributed by atoms with Crippen LogP contribution in [0.15, 0.2) is 0 Å². The molecule has 3 heteroatoms. The third kappa shape index (κ3) is 19.6. The van der Waals surface area contributed by atoms with Crippen molar-refractivity contribution in [2.75, 3.05) is 0 Å². The molecular weight excluding hydrogens is 883 g/mol. The molecule has 0 aliphatic heterocycles. The van der Waals surface area contributed by atoms with Crippen molar-refractivity contribution >= 4 is 0 Å². The molecule has 0 atom stereocenters. The first-order chi connectivity index (χ1) is 32.2. The number of rotatable bonds is 4. The molecule has 0 amide bonds. The van der Waals surface area contributed by atoms with Crippen LogP contribution in [0.3, 0.4) is 0 Å². The van der Waals surface area contributed by atoms with Crippen LogP contribution in [-0.2, 0) is 47.3 Å². The minimum absolute atomic E-state index is 0.115. The van der Waals surface area contributed by atoms with Gasteiger partial charge in [-0.1, -0.05) is 166 Å². The zero-order valence-corrected chi connectivity index (χ0v) is 55.7. The van der Waals surface area contributed by atoms with Crippen molar-refractivity contribution in [3.05, 3.63) is 118 Å². The number of aryl methyl sites for hydroxylation is 5. The van der Waals surface area contributed by atoms with E-state index in [0.29, 0.717) is 21.7 Å². The van der Waals surface area contributed by atoms with Gasteiger partial charge in [0.05, 0.1) is 0 Å². The van der Waals surface area contributed by atoms with Gasteiger partial charge in [-0.15, -0.1) is 0 Å². The monoisotopic (exact) mass is 1000 g/mol. The van der Waals surface area contributed by atoms with Gasteiger partial charge >= 0.3 is 0 Å². The Morgan fingerprint density at radius 3 is 0.877 bits per heavy atom. The molecule has 3 aromatic heterocycles. The van der Waals surface area contributed by atoms with Gasteiger partial charge in [0.1, 0.15) is 0 Å². The van der Waals surface area contributed by atoms with Gasteiger partial charge in [-0.2, -0.15) is 0 Å². The minimum Gasteiger partial charge on any atom is -0.258 e. The van der Waals surface area contributed by atoms with Crippen molar-refractivity contribution in [1.29, 1.82) is 0 Å². The average Bonchev–Trinajstić information content (AvgIpc) is 3.14. The zero-order chi connectivity index (χ0) is 58.1.